The van der Waals surface area contributed by atoms with Gasteiger partial charge < -0.3 is 5.32 Å². The van der Waals surface area contributed by atoms with Gasteiger partial charge in [0.25, 0.3) is 0 Å². The number of hydrogen-bond donors (Lipinski definition) is 2. The molecule has 2 rings (SSSR count). The van der Waals surface area contributed by atoms with Crippen LogP contribution in [0.1, 0.15) is 25.7 Å². The molecule has 0 heterocycles. The van der Waals surface area contributed by atoms with Gasteiger partial charge in [0.15, 0.2) is 0 Å². The molecule has 0 aliphatic heterocycles. The quantitative estimate of drug-likeness (QED) is 0.724. The van der Waals surface area contributed by atoms with E-state index in [2.05, 4.69) is 10.0 Å². The third-order valence-corrected chi connectivity index (χ3v) is 4.64. The van der Waals surface area contributed by atoms with Crippen molar-refractivity contribution in [1.82, 2.24) is 5.32 Å². The summed E-state index contributed by atoms with van der Waals surface area (Å²) in [6.45, 7) is 0.829. The Balaban J connectivity index is 1.77. The van der Waals surface area contributed by atoms with Gasteiger partial charge in [-0.2, -0.15) is 0 Å². The maximum Gasteiger partial charge on any atom is 0.232 e. The molecule has 0 atom stereocenters. The molecule has 0 spiro atoms. The van der Waals surface area contributed by atoms with Gasteiger partial charge in [0.1, 0.15) is 5.82 Å². The minimum atomic E-state index is -3.52. The molecule has 0 aromatic heterocycles. The molecule has 1 aliphatic carbocycles. The molecule has 0 saturated heterocycles. The zero-order chi connectivity index (χ0) is 14.6. The fourth-order valence-electron chi connectivity index (χ4n) is 1.80. The summed E-state index contributed by atoms with van der Waals surface area (Å²) in [5.74, 6) is -0.682. The summed E-state index contributed by atoms with van der Waals surface area (Å²) in [6, 6.07) is 4.48. The number of unbranched alkanes of at least 4 members (excludes halogenated alkanes) is 1. The van der Waals surface area contributed by atoms with Crippen molar-refractivity contribution in [1.29, 1.82) is 0 Å². The highest BCUT2D eigenvalue weighted by atomic mass is 35.5. The molecular weight excluding hydrogens is 303 g/mol. The number of halogens is 2. The Bertz CT molecular complexity index is 561. The second-order valence-corrected chi connectivity index (χ2v) is 7.26. The molecule has 1 aromatic rings. The maximum absolute atomic E-state index is 13.5. The first-order valence-corrected chi connectivity index (χ1v) is 8.68. The first-order valence-electron chi connectivity index (χ1n) is 6.65. The molecule has 0 bridgehead atoms. The molecule has 0 amide bonds. The van der Waals surface area contributed by atoms with E-state index >= 15 is 0 Å². The van der Waals surface area contributed by atoms with E-state index in [1.807, 2.05) is 0 Å². The summed E-state index contributed by atoms with van der Waals surface area (Å²) in [4.78, 5) is 0. The Hall–Kier alpha value is -0.850. The predicted molar refractivity (Wildman–Crippen MR) is 79.1 cm³/mol. The average molecular weight is 321 g/mol. The molecule has 1 saturated carbocycles. The van der Waals surface area contributed by atoms with Crippen LogP contribution in [0.5, 0.6) is 0 Å². The van der Waals surface area contributed by atoms with E-state index in [-0.39, 0.29) is 16.5 Å². The van der Waals surface area contributed by atoms with E-state index in [0.29, 0.717) is 12.5 Å². The lowest BCUT2D eigenvalue weighted by atomic mass is 10.3. The van der Waals surface area contributed by atoms with E-state index in [1.165, 1.54) is 25.0 Å². The number of hydrogen-bond acceptors (Lipinski definition) is 3. The van der Waals surface area contributed by atoms with Crippen LogP contribution in [-0.2, 0) is 10.0 Å². The van der Waals surface area contributed by atoms with Crippen LogP contribution in [0.25, 0.3) is 0 Å². The Morgan fingerprint density at radius 2 is 2.05 bits per heavy atom. The summed E-state index contributed by atoms with van der Waals surface area (Å²) < 4.78 is 39.4. The van der Waals surface area contributed by atoms with Gasteiger partial charge in [-0.3, -0.25) is 4.72 Å². The number of nitrogens with one attached hydrogen (secondary N) is 2. The summed E-state index contributed by atoms with van der Waals surface area (Å²) >= 11 is 5.61. The van der Waals surface area contributed by atoms with Crippen LogP contribution in [-0.4, -0.2) is 26.8 Å². The third-order valence-electron chi connectivity index (χ3n) is 3.05. The highest BCUT2D eigenvalue weighted by molar-refractivity contribution is 7.92. The Morgan fingerprint density at radius 1 is 1.30 bits per heavy atom. The van der Waals surface area contributed by atoms with Gasteiger partial charge in [-0.15, -0.1) is 0 Å². The number of rotatable bonds is 8. The highest BCUT2D eigenvalue weighted by Crippen LogP contribution is 2.20. The van der Waals surface area contributed by atoms with Gasteiger partial charge in [-0.25, -0.2) is 12.8 Å². The van der Waals surface area contributed by atoms with Crippen LogP contribution in [0.15, 0.2) is 18.2 Å². The SMILES string of the molecule is O=S(=O)(CCCCNC1CC1)Nc1ccc(Cl)cc1F. The first kappa shape index (κ1) is 15.5. The Morgan fingerprint density at radius 3 is 2.70 bits per heavy atom. The van der Waals surface area contributed by atoms with Crippen LogP contribution in [0.2, 0.25) is 5.02 Å². The summed E-state index contributed by atoms with van der Waals surface area (Å²) in [6.07, 6.45) is 3.77. The number of anilines is 1. The van der Waals surface area contributed by atoms with Crippen LogP contribution >= 0.6 is 11.6 Å². The molecule has 7 heteroatoms. The molecule has 0 unspecified atom stereocenters. The predicted octanol–water partition coefficient (Wildman–Crippen LogP) is 2.75. The molecule has 1 fully saturated rings. The summed E-state index contributed by atoms with van der Waals surface area (Å²) in [5.41, 5.74) is -0.0643. The van der Waals surface area contributed by atoms with E-state index in [1.54, 1.807) is 0 Å². The summed E-state index contributed by atoms with van der Waals surface area (Å²) in [7, 11) is -3.52. The molecule has 1 aromatic carbocycles. The maximum atomic E-state index is 13.5. The zero-order valence-corrected chi connectivity index (χ0v) is 12.6. The second-order valence-electron chi connectivity index (χ2n) is 4.98. The molecule has 20 heavy (non-hydrogen) atoms. The standard InChI is InChI=1S/C13H18ClFN2O2S/c14-10-3-6-13(12(15)9-10)17-20(18,19)8-2-1-7-16-11-4-5-11/h3,6,9,11,16-17H,1-2,4-5,7-8H2. The van der Waals surface area contributed by atoms with Gasteiger partial charge in [-0.1, -0.05) is 11.6 Å². The fourth-order valence-corrected chi connectivity index (χ4v) is 3.15. The van der Waals surface area contributed by atoms with Crippen molar-refractivity contribution in [3.63, 3.8) is 0 Å². The van der Waals surface area contributed by atoms with Gasteiger partial charge in [-0.05, 0) is 50.4 Å². The minimum absolute atomic E-state index is 0.0125. The van der Waals surface area contributed by atoms with Crippen LogP contribution in [0.4, 0.5) is 10.1 Å². The Labute approximate surface area is 123 Å². The average Bonchev–Trinajstić information content (AvgIpc) is 3.16. The fraction of sp³-hybridized carbons (Fsp3) is 0.538. The normalized spacial score (nSPS) is 15.3. The van der Waals surface area contributed by atoms with Crippen LogP contribution < -0.4 is 10.0 Å². The van der Waals surface area contributed by atoms with Gasteiger partial charge in [0.05, 0.1) is 11.4 Å². The van der Waals surface area contributed by atoms with Gasteiger partial charge in [0, 0.05) is 11.1 Å². The third kappa shape index (κ3) is 5.26. The molecule has 4 nitrogen and oxygen atoms in total. The van der Waals surface area contributed by atoms with E-state index in [4.69, 9.17) is 11.6 Å². The van der Waals surface area contributed by atoms with E-state index in [9.17, 15) is 12.8 Å². The number of sulfonamides is 1. The van der Waals surface area contributed by atoms with Crippen molar-refractivity contribution in [2.75, 3.05) is 17.0 Å². The first-order chi connectivity index (χ1) is 9.46. The van der Waals surface area contributed by atoms with Gasteiger partial charge in [0.2, 0.25) is 10.0 Å². The Kier molecular flexibility index (Phi) is 5.23. The van der Waals surface area contributed by atoms with E-state index in [0.717, 1.165) is 19.0 Å². The van der Waals surface area contributed by atoms with Crippen molar-refractivity contribution in [3.05, 3.63) is 29.0 Å². The zero-order valence-electron chi connectivity index (χ0n) is 11.0. The molecule has 2 N–H and O–H groups in total. The van der Waals surface area contributed by atoms with Crippen LogP contribution in [0, 0.1) is 5.82 Å². The number of benzene rings is 1. The largest absolute Gasteiger partial charge is 0.314 e. The lowest BCUT2D eigenvalue weighted by molar-refractivity contribution is 0.589. The minimum Gasteiger partial charge on any atom is -0.314 e. The van der Waals surface area contributed by atoms with Crippen molar-refractivity contribution in [2.45, 2.75) is 31.7 Å². The molecular formula is C13H18ClFN2O2S. The molecule has 0 radical (unpaired) electrons. The van der Waals surface area contributed by atoms with Gasteiger partial charge >= 0.3 is 0 Å². The summed E-state index contributed by atoms with van der Waals surface area (Å²) in [5, 5.41) is 3.55. The van der Waals surface area contributed by atoms with E-state index < -0.39 is 15.8 Å². The monoisotopic (exact) mass is 320 g/mol. The van der Waals surface area contributed by atoms with Crippen molar-refractivity contribution in [2.24, 2.45) is 0 Å². The molecule has 1 aliphatic rings. The lowest BCUT2D eigenvalue weighted by Gasteiger charge is -2.09. The highest BCUT2D eigenvalue weighted by Gasteiger charge is 2.19. The topological polar surface area (TPSA) is 58.2 Å². The van der Waals surface area contributed by atoms with Crippen molar-refractivity contribution in [3.8, 4) is 0 Å². The van der Waals surface area contributed by atoms with Crippen molar-refractivity contribution >= 4 is 27.3 Å². The molecule has 112 valence electrons. The smallest absolute Gasteiger partial charge is 0.232 e. The lowest BCUT2D eigenvalue weighted by Crippen LogP contribution is -2.20. The van der Waals surface area contributed by atoms with Crippen molar-refractivity contribution < 1.29 is 12.8 Å². The second kappa shape index (κ2) is 6.74. The van der Waals surface area contributed by atoms with Crippen LogP contribution in [0.3, 0.4) is 0 Å².